The molecule has 2 aromatic carbocycles. The Morgan fingerprint density at radius 1 is 0.963 bits per heavy atom. The first-order valence-electron chi connectivity index (χ1n) is 8.33. The SMILES string of the molecule is COc1cc(C(=O)NNC(=O)c2cn(C)c3ccccc23)cc(OC)c1C. The maximum Gasteiger partial charge on any atom is 0.271 e. The predicted molar refractivity (Wildman–Crippen MR) is 102 cm³/mol. The first kappa shape index (κ1) is 18.3. The lowest BCUT2D eigenvalue weighted by Gasteiger charge is -2.13. The third-order valence-electron chi connectivity index (χ3n) is 4.45. The molecule has 3 rings (SSSR count). The lowest BCUT2D eigenvalue weighted by molar-refractivity contribution is 0.0847. The zero-order valence-electron chi connectivity index (χ0n) is 15.6. The average Bonchev–Trinajstić information content (AvgIpc) is 3.03. The third kappa shape index (κ3) is 3.44. The van der Waals surface area contributed by atoms with Crippen LogP contribution in [-0.2, 0) is 7.05 Å². The van der Waals surface area contributed by atoms with Crippen molar-refractivity contribution in [3.63, 3.8) is 0 Å². The Labute approximate surface area is 156 Å². The smallest absolute Gasteiger partial charge is 0.271 e. The number of rotatable bonds is 4. The van der Waals surface area contributed by atoms with Gasteiger partial charge in [-0.1, -0.05) is 18.2 Å². The minimum absolute atomic E-state index is 0.313. The van der Waals surface area contributed by atoms with Crippen molar-refractivity contribution in [2.75, 3.05) is 14.2 Å². The molecule has 0 radical (unpaired) electrons. The van der Waals surface area contributed by atoms with Gasteiger partial charge in [0.05, 0.1) is 19.8 Å². The summed E-state index contributed by atoms with van der Waals surface area (Å²) in [4.78, 5) is 25.0. The van der Waals surface area contributed by atoms with Gasteiger partial charge in [0.25, 0.3) is 11.8 Å². The van der Waals surface area contributed by atoms with Crippen LogP contribution >= 0.6 is 0 Å². The zero-order chi connectivity index (χ0) is 19.6. The molecule has 0 aliphatic carbocycles. The Hall–Kier alpha value is -3.48. The number of benzene rings is 2. The summed E-state index contributed by atoms with van der Waals surface area (Å²) in [5.41, 5.74) is 7.41. The quantitative estimate of drug-likeness (QED) is 0.695. The van der Waals surface area contributed by atoms with Crippen LogP contribution in [0.4, 0.5) is 0 Å². The maximum atomic E-state index is 12.5. The van der Waals surface area contributed by atoms with Crippen molar-refractivity contribution in [2.45, 2.75) is 6.92 Å². The number of methoxy groups -OCH3 is 2. The zero-order valence-corrected chi connectivity index (χ0v) is 15.6. The lowest BCUT2D eigenvalue weighted by Crippen LogP contribution is -2.41. The van der Waals surface area contributed by atoms with E-state index in [4.69, 9.17) is 9.47 Å². The molecular weight excluding hydrogens is 346 g/mol. The number of aromatic nitrogens is 1. The summed E-state index contributed by atoms with van der Waals surface area (Å²) in [6.07, 6.45) is 1.73. The second-order valence-electron chi connectivity index (χ2n) is 6.08. The monoisotopic (exact) mass is 367 g/mol. The fourth-order valence-electron chi connectivity index (χ4n) is 2.99. The largest absolute Gasteiger partial charge is 0.496 e. The topological polar surface area (TPSA) is 81.6 Å². The summed E-state index contributed by atoms with van der Waals surface area (Å²) in [6.45, 7) is 1.83. The molecule has 27 heavy (non-hydrogen) atoms. The normalized spacial score (nSPS) is 10.5. The average molecular weight is 367 g/mol. The van der Waals surface area contributed by atoms with Gasteiger partial charge in [0.1, 0.15) is 11.5 Å². The molecule has 2 N–H and O–H groups in total. The van der Waals surface area contributed by atoms with Crippen LogP contribution < -0.4 is 20.3 Å². The summed E-state index contributed by atoms with van der Waals surface area (Å²) in [5.74, 6) is 0.186. The van der Waals surface area contributed by atoms with Gasteiger partial charge in [0.2, 0.25) is 0 Å². The maximum absolute atomic E-state index is 12.5. The number of para-hydroxylation sites is 1. The summed E-state index contributed by atoms with van der Waals surface area (Å²) in [6, 6.07) is 10.7. The van der Waals surface area contributed by atoms with E-state index in [0.29, 0.717) is 22.6 Å². The summed E-state index contributed by atoms with van der Waals surface area (Å²) < 4.78 is 12.4. The van der Waals surface area contributed by atoms with Crippen molar-refractivity contribution < 1.29 is 19.1 Å². The molecule has 3 aromatic rings. The fraction of sp³-hybridized carbons (Fsp3) is 0.200. The second-order valence-corrected chi connectivity index (χ2v) is 6.08. The second kappa shape index (κ2) is 7.41. The standard InChI is InChI=1S/C20H21N3O4/c1-12-17(26-3)9-13(10-18(12)27-4)19(24)21-22-20(25)15-11-23(2)16-8-6-5-7-14(15)16/h5-11H,1-4H3,(H,21,24)(H,22,25). The molecule has 0 unspecified atom stereocenters. The molecule has 0 atom stereocenters. The van der Waals surface area contributed by atoms with E-state index in [1.807, 2.05) is 42.8 Å². The number of carbonyl (C=O) groups excluding carboxylic acids is 2. The van der Waals surface area contributed by atoms with E-state index < -0.39 is 11.8 Å². The molecule has 0 aliphatic rings. The number of hydrogen-bond donors (Lipinski definition) is 2. The van der Waals surface area contributed by atoms with Crippen LogP contribution in [0.15, 0.2) is 42.6 Å². The summed E-state index contributed by atoms with van der Waals surface area (Å²) >= 11 is 0. The number of aryl methyl sites for hydroxylation is 1. The van der Waals surface area contributed by atoms with Crippen LogP contribution in [0.2, 0.25) is 0 Å². The Morgan fingerprint density at radius 3 is 2.19 bits per heavy atom. The van der Waals surface area contributed by atoms with Gasteiger partial charge in [-0.05, 0) is 25.1 Å². The van der Waals surface area contributed by atoms with Crippen LogP contribution in [0.1, 0.15) is 26.3 Å². The first-order chi connectivity index (χ1) is 13.0. The molecule has 2 amide bonds. The van der Waals surface area contributed by atoms with E-state index in [1.54, 1.807) is 18.3 Å². The van der Waals surface area contributed by atoms with E-state index in [-0.39, 0.29) is 0 Å². The highest BCUT2D eigenvalue weighted by Crippen LogP contribution is 2.29. The number of amides is 2. The summed E-state index contributed by atoms with van der Waals surface area (Å²) in [5, 5.41) is 0.811. The van der Waals surface area contributed by atoms with Gasteiger partial charge < -0.3 is 14.0 Å². The molecule has 0 spiro atoms. The molecule has 0 aliphatic heterocycles. The molecule has 0 bridgehead atoms. The summed E-state index contributed by atoms with van der Waals surface area (Å²) in [7, 11) is 4.90. The van der Waals surface area contributed by atoms with Crippen molar-refractivity contribution in [1.29, 1.82) is 0 Å². The van der Waals surface area contributed by atoms with Crippen molar-refractivity contribution in [2.24, 2.45) is 7.05 Å². The molecule has 7 heteroatoms. The predicted octanol–water partition coefficient (Wildman–Crippen LogP) is 2.58. The van der Waals surface area contributed by atoms with Gasteiger partial charge in [0.15, 0.2) is 0 Å². The highest BCUT2D eigenvalue weighted by atomic mass is 16.5. The van der Waals surface area contributed by atoms with Gasteiger partial charge in [-0.25, -0.2) is 0 Å². The van der Waals surface area contributed by atoms with Crippen molar-refractivity contribution in [3.05, 3.63) is 59.3 Å². The number of hydrogen-bond acceptors (Lipinski definition) is 4. The molecule has 1 heterocycles. The van der Waals surface area contributed by atoms with Crippen LogP contribution in [-0.4, -0.2) is 30.6 Å². The molecule has 0 fully saturated rings. The van der Waals surface area contributed by atoms with Crippen molar-refractivity contribution in [3.8, 4) is 11.5 Å². The van der Waals surface area contributed by atoms with E-state index in [1.165, 1.54) is 14.2 Å². The van der Waals surface area contributed by atoms with Gasteiger partial charge >= 0.3 is 0 Å². The number of hydrazine groups is 1. The fourth-order valence-corrected chi connectivity index (χ4v) is 2.99. The Balaban J connectivity index is 1.78. The lowest BCUT2D eigenvalue weighted by atomic mass is 10.1. The highest BCUT2D eigenvalue weighted by Gasteiger charge is 2.17. The molecular formula is C20H21N3O4. The molecule has 140 valence electrons. The molecule has 0 saturated heterocycles. The Morgan fingerprint density at radius 2 is 1.56 bits per heavy atom. The van der Waals surface area contributed by atoms with Gasteiger partial charge in [-0.15, -0.1) is 0 Å². The van der Waals surface area contributed by atoms with E-state index in [2.05, 4.69) is 10.9 Å². The van der Waals surface area contributed by atoms with Crippen LogP contribution in [0.25, 0.3) is 10.9 Å². The van der Waals surface area contributed by atoms with Gasteiger partial charge in [-0.2, -0.15) is 0 Å². The molecule has 1 aromatic heterocycles. The van der Waals surface area contributed by atoms with Crippen molar-refractivity contribution in [1.82, 2.24) is 15.4 Å². The Kier molecular flexibility index (Phi) is 5.03. The van der Waals surface area contributed by atoms with Gasteiger partial charge in [0, 0.05) is 35.3 Å². The van der Waals surface area contributed by atoms with Crippen LogP contribution in [0.3, 0.4) is 0 Å². The number of nitrogens with one attached hydrogen (secondary N) is 2. The number of carbonyl (C=O) groups is 2. The van der Waals surface area contributed by atoms with E-state index >= 15 is 0 Å². The number of ether oxygens (including phenoxy) is 2. The first-order valence-corrected chi connectivity index (χ1v) is 8.33. The van der Waals surface area contributed by atoms with Crippen LogP contribution in [0, 0.1) is 6.92 Å². The van der Waals surface area contributed by atoms with Crippen LogP contribution in [0.5, 0.6) is 11.5 Å². The number of nitrogens with zero attached hydrogens (tertiary/aromatic N) is 1. The minimum Gasteiger partial charge on any atom is -0.496 e. The van der Waals surface area contributed by atoms with E-state index in [0.717, 1.165) is 16.5 Å². The molecule has 7 nitrogen and oxygen atoms in total. The molecule has 0 saturated carbocycles. The van der Waals surface area contributed by atoms with Crippen molar-refractivity contribution >= 4 is 22.7 Å². The minimum atomic E-state index is -0.472. The third-order valence-corrected chi connectivity index (χ3v) is 4.45. The van der Waals surface area contributed by atoms with E-state index in [9.17, 15) is 9.59 Å². The highest BCUT2D eigenvalue weighted by molar-refractivity contribution is 6.08. The number of fused-ring (bicyclic) bond motifs is 1. The Bertz CT molecular complexity index is 998. The van der Waals surface area contributed by atoms with Gasteiger partial charge in [-0.3, -0.25) is 20.4 Å².